The van der Waals surface area contributed by atoms with Gasteiger partial charge in [-0.25, -0.2) is 13.1 Å². The minimum Gasteiger partial charge on any atom is -0.282 e. The van der Waals surface area contributed by atoms with Gasteiger partial charge in [-0.05, 0) is 24.3 Å². The number of alkyl halides is 1. The van der Waals surface area contributed by atoms with E-state index < -0.39 is 15.2 Å². The summed E-state index contributed by atoms with van der Waals surface area (Å²) in [5, 5.41) is 3.58. The second-order valence-corrected chi connectivity index (χ2v) is 5.63. The van der Waals surface area contributed by atoms with E-state index in [1.807, 2.05) is 6.07 Å². The van der Waals surface area contributed by atoms with Gasteiger partial charge in [-0.15, -0.1) is 11.6 Å². The van der Waals surface area contributed by atoms with Crippen molar-refractivity contribution in [2.24, 2.45) is 0 Å². The molecule has 0 aliphatic heterocycles. The van der Waals surface area contributed by atoms with Gasteiger partial charge in [-0.1, -0.05) is 6.07 Å². The zero-order valence-corrected chi connectivity index (χ0v) is 10.3. The molecule has 2 aromatic rings. The fraction of sp³-hybridized carbons (Fsp3) is 0.100. The molecule has 0 aliphatic rings. The zero-order chi connectivity index (χ0) is 12.3. The van der Waals surface area contributed by atoms with E-state index in [0.29, 0.717) is 5.69 Å². The zero-order valence-electron chi connectivity index (χ0n) is 8.75. The van der Waals surface area contributed by atoms with Crippen LogP contribution in [-0.2, 0) is 10.0 Å². The third kappa shape index (κ3) is 2.98. The number of anilines is 1. The van der Waals surface area contributed by atoms with Crippen LogP contribution in [0, 0.1) is 0 Å². The van der Waals surface area contributed by atoms with Crippen molar-refractivity contribution in [1.82, 2.24) is 9.78 Å². The average molecular weight is 272 g/mol. The van der Waals surface area contributed by atoms with Crippen molar-refractivity contribution in [3.63, 3.8) is 0 Å². The molecular weight excluding hydrogens is 262 g/mol. The highest BCUT2D eigenvalue weighted by molar-refractivity contribution is 7.93. The molecule has 0 atom stereocenters. The molecule has 7 heteroatoms. The molecule has 0 aliphatic carbocycles. The van der Waals surface area contributed by atoms with Crippen molar-refractivity contribution >= 4 is 27.3 Å². The van der Waals surface area contributed by atoms with E-state index >= 15 is 0 Å². The highest BCUT2D eigenvalue weighted by Gasteiger charge is 2.08. The fourth-order valence-corrected chi connectivity index (χ4v) is 2.04. The summed E-state index contributed by atoms with van der Waals surface area (Å²) in [6.07, 6.45) is 3.42. The molecule has 0 radical (unpaired) electrons. The molecular formula is C10H10ClN3O2S. The Kier molecular flexibility index (Phi) is 3.35. The molecule has 17 heavy (non-hydrogen) atoms. The van der Waals surface area contributed by atoms with Crippen LogP contribution in [-0.4, -0.2) is 23.4 Å². The van der Waals surface area contributed by atoms with Gasteiger partial charge in [0.05, 0.1) is 11.4 Å². The van der Waals surface area contributed by atoms with Crippen LogP contribution in [0.4, 0.5) is 5.69 Å². The van der Waals surface area contributed by atoms with E-state index in [9.17, 15) is 8.42 Å². The predicted octanol–water partition coefficient (Wildman–Crippen LogP) is 1.81. The largest absolute Gasteiger partial charge is 0.282 e. The molecule has 0 unspecified atom stereocenters. The summed E-state index contributed by atoms with van der Waals surface area (Å²) < 4.78 is 26.6. The van der Waals surface area contributed by atoms with E-state index in [0.717, 1.165) is 5.69 Å². The van der Waals surface area contributed by atoms with E-state index in [2.05, 4.69) is 9.82 Å². The summed E-state index contributed by atoms with van der Waals surface area (Å²) in [6, 6.07) is 8.68. The van der Waals surface area contributed by atoms with Crippen molar-refractivity contribution < 1.29 is 8.42 Å². The quantitative estimate of drug-likeness (QED) is 0.863. The molecule has 1 aromatic carbocycles. The first-order chi connectivity index (χ1) is 8.11. The molecule has 90 valence electrons. The van der Waals surface area contributed by atoms with Gasteiger partial charge < -0.3 is 0 Å². The highest BCUT2D eigenvalue weighted by Crippen LogP contribution is 2.15. The summed E-state index contributed by atoms with van der Waals surface area (Å²) in [6.45, 7) is 0. The second-order valence-electron chi connectivity index (χ2n) is 3.33. The molecule has 2 rings (SSSR count). The van der Waals surface area contributed by atoms with Gasteiger partial charge in [-0.2, -0.15) is 5.10 Å². The maximum absolute atomic E-state index is 11.3. The Morgan fingerprint density at radius 1 is 1.35 bits per heavy atom. The number of sulfonamides is 1. The van der Waals surface area contributed by atoms with Crippen molar-refractivity contribution in [2.75, 3.05) is 9.93 Å². The monoisotopic (exact) mass is 271 g/mol. The normalized spacial score (nSPS) is 11.4. The fourth-order valence-electron chi connectivity index (χ4n) is 1.34. The number of benzene rings is 1. The molecule has 0 bridgehead atoms. The van der Waals surface area contributed by atoms with Crippen LogP contribution in [0.15, 0.2) is 42.7 Å². The SMILES string of the molecule is O=S(=O)(CCl)Nc1cccc(-n2cccn2)c1. The van der Waals surface area contributed by atoms with Crippen LogP contribution in [0.3, 0.4) is 0 Å². The van der Waals surface area contributed by atoms with E-state index in [-0.39, 0.29) is 0 Å². The first kappa shape index (κ1) is 11.9. The van der Waals surface area contributed by atoms with Crippen LogP contribution in [0.1, 0.15) is 0 Å². The molecule has 0 fully saturated rings. The Labute approximate surface area is 104 Å². The van der Waals surface area contributed by atoms with Crippen LogP contribution in [0.25, 0.3) is 5.69 Å². The molecule has 0 spiro atoms. The van der Waals surface area contributed by atoms with Crippen molar-refractivity contribution in [3.8, 4) is 5.69 Å². The third-order valence-corrected chi connectivity index (χ3v) is 3.73. The lowest BCUT2D eigenvalue weighted by Gasteiger charge is -2.07. The molecule has 1 heterocycles. The summed E-state index contributed by atoms with van der Waals surface area (Å²) in [5.41, 5.74) is 1.23. The molecule has 0 saturated heterocycles. The maximum atomic E-state index is 11.3. The summed E-state index contributed by atoms with van der Waals surface area (Å²) in [5.74, 6) is 0. The Morgan fingerprint density at radius 3 is 2.82 bits per heavy atom. The number of rotatable bonds is 4. The van der Waals surface area contributed by atoms with Crippen LogP contribution < -0.4 is 4.72 Å². The number of aromatic nitrogens is 2. The number of hydrogen-bond acceptors (Lipinski definition) is 3. The standard InChI is InChI=1S/C10H10ClN3O2S/c11-8-17(15,16)13-9-3-1-4-10(7-9)14-6-2-5-12-14/h1-7,13H,8H2. The van der Waals surface area contributed by atoms with Gasteiger partial charge in [0.25, 0.3) is 0 Å². The van der Waals surface area contributed by atoms with Crippen molar-refractivity contribution in [3.05, 3.63) is 42.7 Å². The Balaban J connectivity index is 2.30. The number of nitrogens with zero attached hydrogens (tertiary/aromatic N) is 2. The lowest BCUT2D eigenvalue weighted by atomic mass is 10.3. The van der Waals surface area contributed by atoms with Crippen LogP contribution in [0.2, 0.25) is 0 Å². The second kappa shape index (κ2) is 4.77. The van der Waals surface area contributed by atoms with Crippen molar-refractivity contribution in [2.45, 2.75) is 0 Å². The van der Waals surface area contributed by atoms with Crippen molar-refractivity contribution in [1.29, 1.82) is 0 Å². The predicted molar refractivity (Wildman–Crippen MR) is 66.8 cm³/mol. The summed E-state index contributed by atoms with van der Waals surface area (Å²) in [7, 11) is -3.47. The smallest absolute Gasteiger partial charge is 0.246 e. The first-order valence-corrected chi connectivity index (χ1v) is 6.96. The molecule has 0 amide bonds. The number of halogens is 1. The lowest BCUT2D eigenvalue weighted by Crippen LogP contribution is -2.13. The van der Waals surface area contributed by atoms with E-state index in [1.165, 1.54) is 0 Å². The van der Waals surface area contributed by atoms with Gasteiger partial charge in [-0.3, -0.25) is 4.72 Å². The number of nitrogens with one attached hydrogen (secondary N) is 1. The van der Waals surface area contributed by atoms with Gasteiger partial charge in [0.2, 0.25) is 10.0 Å². The summed E-state index contributed by atoms with van der Waals surface area (Å²) in [4.78, 5) is 0. The van der Waals surface area contributed by atoms with Crippen LogP contribution >= 0.6 is 11.6 Å². The minimum absolute atomic E-state index is 0.457. The highest BCUT2D eigenvalue weighted by atomic mass is 35.5. The number of hydrogen-bond donors (Lipinski definition) is 1. The minimum atomic E-state index is -3.47. The van der Waals surface area contributed by atoms with E-state index in [1.54, 1.807) is 41.3 Å². The molecule has 0 saturated carbocycles. The lowest BCUT2D eigenvalue weighted by molar-refractivity contribution is 0.605. The van der Waals surface area contributed by atoms with Gasteiger partial charge >= 0.3 is 0 Å². The third-order valence-electron chi connectivity index (χ3n) is 2.03. The topological polar surface area (TPSA) is 64.0 Å². The summed E-state index contributed by atoms with van der Waals surface area (Å²) >= 11 is 5.31. The van der Waals surface area contributed by atoms with E-state index in [4.69, 9.17) is 11.6 Å². The van der Waals surface area contributed by atoms with Gasteiger partial charge in [0, 0.05) is 12.4 Å². The van der Waals surface area contributed by atoms with Gasteiger partial charge in [0.1, 0.15) is 5.21 Å². The molecule has 1 N–H and O–H groups in total. The average Bonchev–Trinajstić information content (AvgIpc) is 2.82. The Bertz CT molecular complexity index is 596. The van der Waals surface area contributed by atoms with Crippen LogP contribution in [0.5, 0.6) is 0 Å². The first-order valence-electron chi connectivity index (χ1n) is 4.77. The van der Waals surface area contributed by atoms with Gasteiger partial charge in [0.15, 0.2) is 0 Å². The maximum Gasteiger partial charge on any atom is 0.246 e. The Morgan fingerprint density at radius 2 is 2.18 bits per heavy atom. The molecule has 1 aromatic heterocycles. The Hall–Kier alpha value is -1.53. The molecule has 5 nitrogen and oxygen atoms in total.